The van der Waals surface area contributed by atoms with Crippen LogP contribution in [0, 0.1) is 17.8 Å². The van der Waals surface area contributed by atoms with Crippen molar-refractivity contribution in [3.05, 3.63) is 0 Å². The van der Waals surface area contributed by atoms with E-state index in [9.17, 15) is 9.59 Å². The van der Waals surface area contributed by atoms with Crippen molar-refractivity contribution in [2.75, 3.05) is 6.54 Å². The maximum Gasteiger partial charge on any atom is 0.315 e. The third kappa shape index (κ3) is 3.62. The number of rotatable bonds is 4. The van der Waals surface area contributed by atoms with Gasteiger partial charge in [0.1, 0.15) is 0 Å². The fourth-order valence-electron chi connectivity index (χ4n) is 2.63. The Morgan fingerprint density at radius 2 is 1.83 bits per heavy atom. The molecular formula is C13H22N2O3. The monoisotopic (exact) mass is 254 g/mol. The molecule has 102 valence electrons. The van der Waals surface area contributed by atoms with Gasteiger partial charge in [0, 0.05) is 12.6 Å². The molecule has 2 rings (SSSR count). The van der Waals surface area contributed by atoms with Crippen molar-refractivity contribution in [2.24, 2.45) is 17.8 Å². The maximum absolute atomic E-state index is 11.6. The van der Waals surface area contributed by atoms with Crippen LogP contribution >= 0.6 is 0 Å². The van der Waals surface area contributed by atoms with Gasteiger partial charge in [0.15, 0.2) is 0 Å². The molecule has 0 spiro atoms. The van der Waals surface area contributed by atoms with Gasteiger partial charge in [-0.1, -0.05) is 6.92 Å². The molecule has 5 heteroatoms. The predicted molar refractivity (Wildman–Crippen MR) is 67.2 cm³/mol. The smallest absolute Gasteiger partial charge is 0.315 e. The normalized spacial score (nSPS) is 34.7. The zero-order chi connectivity index (χ0) is 13.1. The second-order valence-electron chi connectivity index (χ2n) is 5.71. The molecule has 0 saturated heterocycles. The molecule has 5 nitrogen and oxygen atoms in total. The third-order valence-electron chi connectivity index (χ3n) is 4.21. The summed E-state index contributed by atoms with van der Waals surface area (Å²) in [7, 11) is 0. The Morgan fingerprint density at radius 1 is 1.22 bits per heavy atom. The molecule has 2 aliphatic rings. The lowest BCUT2D eigenvalue weighted by Crippen LogP contribution is -2.44. The SMILES string of the molecule is CC1CC1CNC(=O)NC1CCC(C(=O)O)CC1. The Hall–Kier alpha value is -1.26. The highest BCUT2D eigenvalue weighted by Gasteiger charge is 2.32. The first-order valence-electron chi connectivity index (χ1n) is 6.83. The van der Waals surface area contributed by atoms with E-state index in [4.69, 9.17) is 5.11 Å². The van der Waals surface area contributed by atoms with Crippen LogP contribution < -0.4 is 10.6 Å². The Morgan fingerprint density at radius 3 is 2.33 bits per heavy atom. The van der Waals surface area contributed by atoms with Gasteiger partial charge in [-0.25, -0.2) is 4.79 Å². The van der Waals surface area contributed by atoms with E-state index in [-0.39, 0.29) is 18.0 Å². The third-order valence-corrected chi connectivity index (χ3v) is 4.21. The van der Waals surface area contributed by atoms with E-state index in [0.29, 0.717) is 18.8 Å². The van der Waals surface area contributed by atoms with Gasteiger partial charge in [0.05, 0.1) is 5.92 Å². The van der Waals surface area contributed by atoms with Crippen LogP contribution in [-0.4, -0.2) is 29.7 Å². The molecular weight excluding hydrogens is 232 g/mol. The predicted octanol–water partition coefficient (Wildman–Crippen LogP) is 1.58. The van der Waals surface area contributed by atoms with Gasteiger partial charge in [-0.05, 0) is 43.9 Å². The Kier molecular flexibility index (Phi) is 4.09. The van der Waals surface area contributed by atoms with Crippen LogP contribution in [0.15, 0.2) is 0 Å². The molecule has 2 amide bonds. The molecule has 3 N–H and O–H groups in total. The summed E-state index contributed by atoms with van der Waals surface area (Å²) in [6.07, 6.45) is 4.08. The minimum absolute atomic E-state index is 0.104. The van der Waals surface area contributed by atoms with Crippen LogP contribution in [-0.2, 0) is 4.79 Å². The standard InChI is InChI=1S/C13H22N2O3/c1-8-6-10(8)7-14-13(18)15-11-4-2-9(3-5-11)12(16)17/h8-11H,2-7H2,1H3,(H,16,17)(H2,14,15,18). The van der Waals surface area contributed by atoms with Crippen LogP contribution in [0.2, 0.25) is 0 Å². The Bertz CT molecular complexity index is 324. The van der Waals surface area contributed by atoms with Gasteiger partial charge < -0.3 is 15.7 Å². The quantitative estimate of drug-likeness (QED) is 0.712. The number of carbonyl (C=O) groups excluding carboxylic acids is 1. The number of aliphatic carboxylic acids is 1. The van der Waals surface area contributed by atoms with E-state index < -0.39 is 5.97 Å². The van der Waals surface area contributed by atoms with Crippen molar-refractivity contribution in [1.29, 1.82) is 0 Å². The van der Waals surface area contributed by atoms with Crippen LogP contribution in [0.3, 0.4) is 0 Å². The molecule has 2 atom stereocenters. The van der Waals surface area contributed by atoms with Gasteiger partial charge in [0.25, 0.3) is 0 Å². The minimum atomic E-state index is -0.708. The molecule has 2 aliphatic carbocycles. The number of carbonyl (C=O) groups is 2. The van der Waals surface area contributed by atoms with Crippen molar-refractivity contribution in [3.8, 4) is 0 Å². The van der Waals surface area contributed by atoms with Crippen molar-refractivity contribution in [2.45, 2.75) is 45.1 Å². The topological polar surface area (TPSA) is 78.4 Å². The number of nitrogens with one attached hydrogen (secondary N) is 2. The van der Waals surface area contributed by atoms with E-state index in [0.717, 1.165) is 25.3 Å². The highest BCUT2D eigenvalue weighted by molar-refractivity contribution is 5.74. The number of amides is 2. The minimum Gasteiger partial charge on any atom is -0.481 e. The van der Waals surface area contributed by atoms with E-state index in [2.05, 4.69) is 17.6 Å². The summed E-state index contributed by atoms with van der Waals surface area (Å²) in [6, 6.07) is 0.0325. The largest absolute Gasteiger partial charge is 0.481 e. The number of hydrogen-bond donors (Lipinski definition) is 3. The van der Waals surface area contributed by atoms with E-state index in [1.54, 1.807) is 0 Å². The summed E-state index contributed by atoms with van der Waals surface area (Å²) in [5.41, 5.74) is 0. The fourth-order valence-corrected chi connectivity index (χ4v) is 2.63. The second-order valence-corrected chi connectivity index (χ2v) is 5.71. The molecule has 0 heterocycles. The fraction of sp³-hybridized carbons (Fsp3) is 0.846. The molecule has 2 fully saturated rings. The zero-order valence-corrected chi connectivity index (χ0v) is 10.8. The molecule has 0 aromatic rings. The molecule has 2 saturated carbocycles. The molecule has 0 radical (unpaired) electrons. The summed E-state index contributed by atoms with van der Waals surface area (Å²) < 4.78 is 0. The Labute approximate surface area is 107 Å². The van der Waals surface area contributed by atoms with Crippen LogP contribution in [0.5, 0.6) is 0 Å². The molecule has 0 aliphatic heterocycles. The number of urea groups is 1. The van der Waals surface area contributed by atoms with E-state index in [1.165, 1.54) is 6.42 Å². The lowest BCUT2D eigenvalue weighted by atomic mass is 9.86. The summed E-state index contributed by atoms with van der Waals surface area (Å²) in [5.74, 6) is 0.467. The van der Waals surface area contributed by atoms with E-state index >= 15 is 0 Å². The summed E-state index contributed by atoms with van der Waals surface area (Å²) in [4.78, 5) is 22.4. The van der Waals surface area contributed by atoms with Crippen LogP contribution in [0.25, 0.3) is 0 Å². The molecule has 0 aromatic carbocycles. The van der Waals surface area contributed by atoms with Crippen LogP contribution in [0.4, 0.5) is 4.79 Å². The van der Waals surface area contributed by atoms with Gasteiger partial charge in [-0.2, -0.15) is 0 Å². The van der Waals surface area contributed by atoms with Crippen molar-refractivity contribution in [3.63, 3.8) is 0 Å². The van der Waals surface area contributed by atoms with Gasteiger partial charge >= 0.3 is 12.0 Å². The molecule has 2 unspecified atom stereocenters. The Balaban J connectivity index is 1.61. The number of carboxylic acid groups (broad SMARTS) is 1. The second kappa shape index (κ2) is 5.59. The first kappa shape index (κ1) is 13.2. The molecule has 0 bridgehead atoms. The van der Waals surface area contributed by atoms with Crippen molar-refractivity contribution < 1.29 is 14.7 Å². The molecule has 0 aromatic heterocycles. The molecule has 18 heavy (non-hydrogen) atoms. The number of carboxylic acids is 1. The van der Waals surface area contributed by atoms with Crippen LogP contribution in [0.1, 0.15) is 39.0 Å². The lowest BCUT2D eigenvalue weighted by molar-refractivity contribution is -0.142. The van der Waals surface area contributed by atoms with Gasteiger partial charge in [0.2, 0.25) is 0 Å². The summed E-state index contributed by atoms with van der Waals surface area (Å²) in [6.45, 7) is 2.95. The highest BCUT2D eigenvalue weighted by atomic mass is 16.4. The maximum atomic E-state index is 11.6. The van der Waals surface area contributed by atoms with Gasteiger partial charge in [-0.15, -0.1) is 0 Å². The van der Waals surface area contributed by atoms with E-state index in [1.807, 2.05) is 0 Å². The average molecular weight is 254 g/mol. The summed E-state index contributed by atoms with van der Waals surface area (Å²) in [5, 5.41) is 14.7. The first-order valence-corrected chi connectivity index (χ1v) is 6.83. The van der Waals surface area contributed by atoms with Gasteiger partial charge in [-0.3, -0.25) is 4.79 Å². The first-order chi connectivity index (χ1) is 8.56. The number of hydrogen-bond acceptors (Lipinski definition) is 2. The average Bonchev–Trinajstić information content (AvgIpc) is 3.03. The summed E-state index contributed by atoms with van der Waals surface area (Å²) >= 11 is 0. The zero-order valence-electron chi connectivity index (χ0n) is 10.8. The lowest BCUT2D eigenvalue weighted by Gasteiger charge is -2.26. The highest BCUT2D eigenvalue weighted by Crippen LogP contribution is 2.36. The van der Waals surface area contributed by atoms with Crippen molar-refractivity contribution in [1.82, 2.24) is 10.6 Å². The van der Waals surface area contributed by atoms with Crippen molar-refractivity contribution >= 4 is 12.0 Å².